The standard InChI is InChI=1S/C9H16O2/c1-4-6-8(7-10)9(3,11)5-2/h4-5,8,10-11H,1-2,6-7H2,3H3. The molecule has 0 aromatic heterocycles. The Labute approximate surface area is 67.9 Å². The van der Waals surface area contributed by atoms with Gasteiger partial charge < -0.3 is 10.2 Å². The normalized spacial score (nSPS) is 18.5. The lowest BCUT2D eigenvalue weighted by atomic mass is 9.87. The number of rotatable bonds is 5. The number of aliphatic hydroxyl groups excluding tert-OH is 1. The van der Waals surface area contributed by atoms with Crippen LogP contribution in [0.4, 0.5) is 0 Å². The maximum absolute atomic E-state index is 9.59. The van der Waals surface area contributed by atoms with Crippen LogP contribution < -0.4 is 0 Å². The van der Waals surface area contributed by atoms with Gasteiger partial charge in [-0.15, -0.1) is 13.2 Å². The fourth-order valence-corrected chi connectivity index (χ4v) is 0.866. The second kappa shape index (κ2) is 4.31. The molecule has 0 aliphatic carbocycles. The molecule has 0 bridgehead atoms. The molecule has 0 rings (SSSR count). The summed E-state index contributed by atoms with van der Waals surface area (Å²) in [6, 6.07) is 0. The molecule has 0 saturated carbocycles. The minimum absolute atomic E-state index is 0.0506. The number of hydrogen-bond donors (Lipinski definition) is 2. The molecular weight excluding hydrogens is 140 g/mol. The van der Waals surface area contributed by atoms with Crippen molar-refractivity contribution >= 4 is 0 Å². The first-order valence-corrected chi connectivity index (χ1v) is 3.66. The maximum Gasteiger partial charge on any atom is 0.0849 e. The molecule has 0 aliphatic rings. The van der Waals surface area contributed by atoms with E-state index >= 15 is 0 Å². The van der Waals surface area contributed by atoms with Gasteiger partial charge in [-0.3, -0.25) is 0 Å². The van der Waals surface area contributed by atoms with Gasteiger partial charge in [0, 0.05) is 12.5 Å². The van der Waals surface area contributed by atoms with Gasteiger partial charge in [-0.2, -0.15) is 0 Å². The Morgan fingerprint density at radius 2 is 2.09 bits per heavy atom. The first-order chi connectivity index (χ1) is 5.08. The molecule has 0 fully saturated rings. The van der Waals surface area contributed by atoms with Gasteiger partial charge in [0.2, 0.25) is 0 Å². The summed E-state index contributed by atoms with van der Waals surface area (Å²) in [6.45, 7) is 8.61. The van der Waals surface area contributed by atoms with E-state index in [2.05, 4.69) is 13.2 Å². The van der Waals surface area contributed by atoms with Crippen molar-refractivity contribution in [2.45, 2.75) is 18.9 Å². The minimum Gasteiger partial charge on any atom is -0.396 e. The summed E-state index contributed by atoms with van der Waals surface area (Å²) in [5.41, 5.74) is -0.997. The van der Waals surface area contributed by atoms with Gasteiger partial charge in [-0.25, -0.2) is 0 Å². The first-order valence-electron chi connectivity index (χ1n) is 3.66. The molecule has 2 N–H and O–H groups in total. The van der Waals surface area contributed by atoms with Gasteiger partial charge in [-0.05, 0) is 13.3 Å². The molecule has 2 heteroatoms. The summed E-state index contributed by atoms with van der Waals surface area (Å²) >= 11 is 0. The molecule has 0 aliphatic heterocycles. The van der Waals surface area contributed by atoms with E-state index in [1.165, 1.54) is 6.08 Å². The second-order valence-corrected chi connectivity index (χ2v) is 2.83. The predicted octanol–water partition coefficient (Wildman–Crippen LogP) is 1.11. The molecule has 2 nitrogen and oxygen atoms in total. The highest BCUT2D eigenvalue weighted by Crippen LogP contribution is 2.21. The summed E-state index contributed by atoms with van der Waals surface area (Å²) in [5, 5.41) is 18.5. The third-order valence-corrected chi connectivity index (χ3v) is 1.91. The van der Waals surface area contributed by atoms with Gasteiger partial charge in [0.15, 0.2) is 0 Å². The third kappa shape index (κ3) is 2.87. The van der Waals surface area contributed by atoms with E-state index in [-0.39, 0.29) is 12.5 Å². The molecule has 2 atom stereocenters. The lowest BCUT2D eigenvalue weighted by molar-refractivity contribution is 0.0182. The van der Waals surface area contributed by atoms with Crippen molar-refractivity contribution in [2.75, 3.05) is 6.61 Å². The fourth-order valence-electron chi connectivity index (χ4n) is 0.866. The van der Waals surface area contributed by atoms with Crippen molar-refractivity contribution in [3.8, 4) is 0 Å². The van der Waals surface area contributed by atoms with Crippen LogP contribution in [-0.4, -0.2) is 22.4 Å². The molecule has 2 unspecified atom stereocenters. The van der Waals surface area contributed by atoms with Crippen molar-refractivity contribution in [3.63, 3.8) is 0 Å². The molecule has 0 spiro atoms. The Morgan fingerprint density at radius 1 is 1.55 bits per heavy atom. The van der Waals surface area contributed by atoms with E-state index in [9.17, 15) is 5.11 Å². The summed E-state index contributed by atoms with van der Waals surface area (Å²) < 4.78 is 0. The van der Waals surface area contributed by atoms with E-state index in [0.717, 1.165) is 0 Å². The Bertz CT molecular complexity index is 138. The lowest BCUT2D eigenvalue weighted by Crippen LogP contribution is -2.34. The fraction of sp³-hybridized carbons (Fsp3) is 0.556. The van der Waals surface area contributed by atoms with Gasteiger partial charge in [-0.1, -0.05) is 12.2 Å². The Kier molecular flexibility index (Phi) is 4.08. The molecule has 0 amide bonds. The van der Waals surface area contributed by atoms with Crippen LogP contribution in [0.25, 0.3) is 0 Å². The summed E-state index contributed by atoms with van der Waals surface area (Å²) in [7, 11) is 0. The van der Waals surface area contributed by atoms with Gasteiger partial charge in [0.05, 0.1) is 5.60 Å². The van der Waals surface area contributed by atoms with E-state index < -0.39 is 5.60 Å². The monoisotopic (exact) mass is 156 g/mol. The molecule has 0 aromatic carbocycles. The highest BCUT2D eigenvalue weighted by atomic mass is 16.3. The predicted molar refractivity (Wildman–Crippen MR) is 46.2 cm³/mol. The Balaban J connectivity index is 4.21. The minimum atomic E-state index is -0.997. The van der Waals surface area contributed by atoms with Gasteiger partial charge in [0.25, 0.3) is 0 Å². The van der Waals surface area contributed by atoms with Gasteiger partial charge >= 0.3 is 0 Å². The summed E-state index contributed by atoms with van der Waals surface area (Å²) in [6.07, 6.45) is 3.71. The van der Waals surface area contributed by atoms with E-state index in [1.807, 2.05) is 0 Å². The highest BCUT2D eigenvalue weighted by molar-refractivity contribution is 4.98. The van der Waals surface area contributed by atoms with E-state index in [1.54, 1.807) is 13.0 Å². The van der Waals surface area contributed by atoms with Crippen molar-refractivity contribution in [1.82, 2.24) is 0 Å². The van der Waals surface area contributed by atoms with Crippen molar-refractivity contribution in [2.24, 2.45) is 5.92 Å². The molecule has 0 aromatic rings. The topological polar surface area (TPSA) is 40.5 Å². The van der Waals surface area contributed by atoms with Crippen molar-refractivity contribution in [3.05, 3.63) is 25.3 Å². The average Bonchev–Trinajstić information content (AvgIpc) is 2.00. The number of aliphatic hydroxyl groups is 2. The molecule has 64 valence electrons. The van der Waals surface area contributed by atoms with Crippen LogP contribution in [0.1, 0.15) is 13.3 Å². The van der Waals surface area contributed by atoms with E-state index in [4.69, 9.17) is 5.11 Å². The second-order valence-electron chi connectivity index (χ2n) is 2.83. The third-order valence-electron chi connectivity index (χ3n) is 1.91. The van der Waals surface area contributed by atoms with E-state index in [0.29, 0.717) is 6.42 Å². The summed E-state index contributed by atoms with van der Waals surface area (Å²) in [5.74, 6) is -0.197. The van der Waals surface area contributed by atoms with Crippen LogP contribution in [-0.2, 0) is 0 Å². The number of hydrogen-bond acceptors (Lipinski definition) is 2. The maximum atomic E-state index is 9.59. The zero-order chi connectivity index (χ0) is 8.91. The zero-order valence-corrected chi connectivity index (χ0v) is 6.95. The van der Waals surface area contributed by atoms with Crippen molar-refractivity contribution in [1.29, 1.82) is 0 Å². The summed E-state index contributed by atoms with van der Waals surface area (Å²) in [4.78, 5) is 0. The molecule has 11 heavy (non-hydrogen) atoms. The van der Waals surface area contributed by atoms with Crippen LogP contribution >= 0.6 is 0 Å². The molecule has 0 heterocycles. The first kappa shape index (κ1) is 10.4. The van der Waals surface area contributed by atoms with Gasteiger partial charge in [0.1, 0.15) is 0 Å². The molecular formula is C9H16O2. The molecule has 0 radical (unpaired) electrons. The smallest absolute Gasteiger partial charge is 0.0849 e. The largest absolute Gasteiger partial charge is 0.396 e. The SMILES string of the molecule is C=CCC(CO)C(C)(O)C=C. The van der Waals surface area contributed by atoms with Crippen LogP contribution in [0.3, 0.4) is 0 Å². The quantitative estimate of drug-likeness (QED) is 0.585. The molecule has 0 saturated heterocycles. The number of allylic oxidation sites excluding steroid dienone is 1. The van der Waals surface area contributed by atoms with Crippen molar-refractivity contribution < 1.29 is 10.2 Å². The lowest BCUT2D eigenvalue weighted by Gasteiger charge is -2.27. The van der Waals surface area contributed by atoms with Crippen LogP contribution in [0.2, 0.25) is 0 Å². The van der Waals surface area contributed by atoms with Crippen LogP contribution in [0, 0.1) is 5.92 Å². The Morgan fingerprint density at radius 3 is 2.36 bits per heavy atom. The average molecular weight is 156 g/mol. The Hall–Kier alpha value is -0.600. The zero-order valence-electron chi connectivity index (χ0n) is 6.95. The highest BCUT2D eigenvalue weighted by Gasteiger charge is 2.26. The van der Waals surface area contributed by atoms with Crippen LogP contribution in [0.5, 0.6) is 0 Å². The van der Waals surface area contributed by atoms with Crippen LogP contribution in [0.15, 0.2) is 25.3 Å².